The molecule has 2 fully saturated rings. The number of allylic oxidation sites excluding steroid dienone is 1. The molecule has 0 aliphatic carbocycles. The second-order valence-electron chi connectivity index (χ2n) is 6.14. The maximum absolute atomic E-state index is 12.8. The molecule has 0 N–H and O–H groups in total. The summed E-state index contributed by atoms with van der Waals surface area (Å²) in [6.07, 6.45) is 3.32. The van der Waals surface area contributed by atoms with Crippen LogP contribution in [0.3, 0.4) is 0 Å². The highest BCUT2D eigenvalue weighted by Gasteiger charge is 2.33. The van der Waals surface area contributed by atoms with Crippen molar-refractivity contribution in [2.24, 2.45) is 0 Å². The average Bonchev–Trinajstić information content (AvgIpc) is 2.56. The third-order valence-corrected chi connectivity index (χ3v) is 4.62. The van der Waals surface area contributed by atoms with Gasteiger partial charge in [0.1, 0.15) is 19.0 Å². The lowest BCUT2D eigenvalue weighted by Crippen LogP contribution is -2.52. The Kier molecular flexibility index (Phi) is 5.20. The molecule has 1 atom stereocenters. The molecule has 0 bridgehead atoms. The number of carbonyl (C=O) groups is 1. The fourth-order valence-corrected chi connectivity index (χ4v) is 3.39. The van der Waals surface area contributed by atoms with Crippen LogP contribution in [0.2, 0.25) is 0 Å². The molecule has 1 amide bonds. The molecule has 0 radical (unpaired) electrons. The first-order chi connectivity index (χ1) is 10.8. The molecule has 0 saturated carbocycles. The second-order valence-corrected chi connectivity index (χ2v) is 6.14. The molecule has 3 heterocycles. The molecule has 0 aromatic rings. The fraction of sp³-hybridized carbons (Fsp3) is 0.812. The number of nitrogens with zero attached hydrogens (tertiary/aromatic N) is 2. The van der Waals surface area contributed by atoms with Crippen LogP contribution < -0.4 is 0 Å². The quantitative estimate of drug-likeness (QED) is 0.778. The van der Waals surface area contributed by atoms with Crippen molar-refractivity contribution in [1.82, 2.24) is 9.80 Å². The predicted molar refractivity (Wildman–Crippen MR) is 81.2 cm³/mol. The van der Waals surface area contributed by atoms with Gasteiger partial charge in [-0.05, 0) is 26.2 Å². The Bertz CT molecular complexity index is 432. The Morgan fingerprint density at radius 3 is 2.64 bits per heavy atom. The summed E-state index contributed by atoms with van der Waals surface area (Å²) < 4.78 is 16.4. The Balaban J connectivity index is 1.67. The Morgan fingerprint density at radius 1 is 1.09 bits per heavy atom. The SMILES string of the molecule is CC1=C(C(=O)N2CCCCC2CN2CCOCC2)OCCO1. The Labute approximate surface area is 132 Å². The number of carbonyl (C=O) groups excluding carboxylic acids is 1. The molecule has 124 valence electrons. The minimum atomic E-state index is -0.00448. The Hall–Kier alpha value is -1.27. The first-order valence-corrected chi connectivity index (χ1v) is 8.33. The number of hydrogen-bond donors (Lipinski definition) is 0. The van der Waals surface area contributed by atoms with Crippen molar-refractivity contribution in [3.63, 3.8) is 0 Å². The van der Waals surface area contributed by atoms with Crippen LogP contribution in [-0.2, 0) is 19.0 Å². The van der Waals surface area contributed by atoms with E-state index in [1.807, 2.05) is 11.8 Å². The van der Waals surface area contributed by atoms with E-state index in [1.54, 1.807) is 0 Å². The van der Waals surface area contributed by atoms with Crippen LogP contribution in [0.5, 0.6) is 0 Å². The topological polar surface area (TPSA) is 51.2 Å². The zero-order chi connectivity index (χ0) is 15.4. The van der Waals surface area contributed by atoms with Crippen molar-refractivity contribution < 1.29 is 19.0 Å². The molecule has 3 aliphatic rings. The number of morpholine rings is 1. The van der Waals surface area contributed by atoms with Crippen molar-refractivity contribution in [3.8, 4) is 0 Å². The predicted octanol–water partition coefficient (Wildman–Crippen LogP) is 0.978. The van der Waals surface area contributed by atoms with E-state index in [1.165, 1.54) is 6.42 Å². The molecule has 0 aromatic carbocycles. The van der Waals surface area contributed by atoms with Crippen LogP contribution in [-0.4, -0.2) is 74.4 Å². The first kappa shape index (κ1) is 15.6. The van der Waals surface area contributed by atoms with Crippen LogP contribution in [0, 0.1) is 0 Å². The molecular weight excluding hydrogens is 284 g/mol. The Morgan fingerprint density at radius 2 is 1.86 bits per heavy atom. The van der Waals surface area contributed by atoms with Gasteiger partial charge in [0, 0.05) is 32.2 Å². The lowest BCUT2D eigenvalue weighted by atomic mass is 10.0. The summed E-state index contributed by atoms with van der Waals surface area (Å²) in [5.74, 6) is 1.02. The third-order valence-electron chi connectivity index (χ3n) is 4.62. The van der Waals surface area contributed by atoms with Crippen LogP contribution in [0.1, 0.15) is 26.2 Å². The number of piperidine rings is 1. The summed E-state index contributed by atoms with van der Waals surface area (Å²) >= 11 is 0. The van der Waals surface area contributed by atoms with Crippen molar-refractivity contribution in [2.45, 2.75) is 32.2 Å². The minimum absolute atomic E-state index is 0.00448. The zero-order valence-corrected chi connectivity index (χ0v) is 13.4. The molecule has 6 heteroatoms. The summed E-state index contributed by atoms with van der Waals surface area (Å²) in [4.78, 5) is 17.2. The third kappa shape index (κ3) is 3.55. The van der Waals surface area contributed by atoms with Gasteiger partial charge in [0.05, 0.1) is 13.2 Å². The van der Waals surface area contributed by atoms with Gasteiger partial charge in [0.25, 0.3) is 5.91 Å². The molecule has 2 saturated heterocycles. The number of hydrogen-bond acceptors (Lipinski definition) is 5. The molecule has 3 aliphatic heterocycles. The van der Waals surface area contributed by atoms with E-state index in [4.69, 9.17) is 14.2 Å². The number of rotatable bonds is 3. The maximum atomic E-state index is 12.8. The highest BCUT2D eigenvalue weighted by molar-refractivity contribution is 5.92. The minimum Gasteiger partial charge on any atom is -0.491 e. The summed E-state index contributed by atoms with van der Waals surface area (Å²) in [7, 11) is 0. The lowest BCUT2D eigenvalue weighted by molar-refractivity contribution is -0.137. The van der Waals surface area contributed by atoms with E-state index in [0.29, 0.717) is 24.7 Å². The van der Waals surface area contributed by atoms with Gasteiger partial charge in [0.15, 0.2) is 0 Å². The van der Waals surface area contributed by atoms with E-state index >= 15 is 0 Å². The van der Waals surface area contributed by atoms with Crippen molar-refractivity contribution in [1.29, 1.82) is 0 Å². The summed E-state index contributed by atoms with van der Waals surface area (Å²) in [5, 5.41) is 0. The molecular formula is C16H26N2O4. The van der Waals surface area contributed by atoms with Gasteiger partial charge in [-0.2, -0.15) is 0 Å². The fourth-order valence-electron chi connectivity index (χ4n) is 3.39. The largest absolute Gasteiger partial charge is 0.491 e. The normalized spacial score (nSPS) is 27.3. The van der Waals surface area contributed by atoms with Gasteiger partial charge in [-0.15, -0.1) is 0 Å². The molecule has 1 unspecified atom stereocenters. The molecule has 0 aromatic heterocycles. The molecule has 22 heavy (non-hydrogen) atoms. The zero-order valence-electron chi connectivity index (χ0n) is 13.4. The van der Waals surface area contributed by atoms with Gasteiger partial charge in [-0.1, -0.05) is 0 Å². The van der Waals surface area contributed by atoms with E-state index in [0.717, 1.165) is 52.2 Å². The highest BCUT2D eigenvalue weighted by atomic mass is 16.6. The molecule has 0 spiro atoms. The van der Waals surface area contributed by atoms with Gasteiger partial charge in [0.2, 0.25) is 5.76 Å². The van der Waals surface area contributed by atoms with Gasteiger partial charge in [-0.3, -0.25) is 9.69 Å². The number of amides is 1. The van der Waals surface area contributed by atoms with E-state index in [9.17, 15) is 4.79 Å². The summed E-state index contributed by atoms with van der Waals surface area (Å²) in [6, 6.07) is 0.269. The maximum Gasteiger partial charge on any atom is 0.292 e. The second kappa shape index (κ2) is 7.33. The van der Waals surface area contributed by atoms with Gasteiger partial charge >= 0.3 is 0 Å². The van der Waals surface area contributed by atoms with Crippen LogP contribution in [0.4, 0.5) is 0 Å². The number of ether oxygens (including phenoxy) is 3. The van der Waals surface area contributed by atoms with Crippen LogP contribution >= 0.6 is 0 Å². The van der Waals surface area contributed by atoms with Crippen molar-refractivity contribution in [2.75, 3.05) is 52.6 Å². The standard InChI is InChI=1S/C16H26N2O4/c1-13-15(22-11-10-21-13)16(19)18-5-3-2-4-14(18)12-17-6-8-20-9-7-17/h14H,2-12H2,1H3. The first-order valence-electron chi connectivity index (χ1n) is 8.33. The van der Waals surface area contributed by atoms with Gasteiger partial charge < -0.3 is 19.1 Å². The highest BCUT2D eigenvalue weighted by Crippen LogP contribution is 2.23. The number of likely N-dealkylation sites (tertiary alicyclic amines) is 1. The van der Waals surface area contributed by atoms with E-state index in [-0.39, 0.29) is 11.9 Å². The summed E-state index contributed by atoms with van der Waals surface area (Å²) in [6.45, 7) is 8.05. The van der Waals surface area contributed by atoms with Crippen LogP contribution in [0.15, 0.2) is 11.5 Å². The van der Waals surface area contributed by atoms with E-state index < -0.39 is 0 Å². The van der Waals surface area contributed by atoms with Crippen molar-refractivity contribution in [3.05, 3.63) is 11.5 Å². The average molecular weight is 310 g/mol. The van der Waals surface area contributed by atoms with Crippen LogP contribution in [0.25, 0.3) is 0 Å². The lowest BCUT2D eigenvalue weighted by Gasteiger charge is -2.40. The van der Waals surface area contributed by atoms with Crippen molar-refractivity contribution >= 4 is 5.91 Å². The van der Waals surface area contributed by atoms with Gasteiger partial charge in [-0.25, -0.2) is 0 Å². The smallest absolute Gasteiger partial charge is 0.292 e. The monoisotopic (exact) mass is 310 g/mol. The summed E-state index contributed by atoms with van der Waals surface area (Å²) in [5.41, 5.74) is 0. The molecule has 3 rings (SSSR count). The molecule has 6 nitrogen and oxygen atoms in total. The van der Waals surface area contributed by atoms with E-state index in [2.05, 4.69) is 4.90 Å².